The lowest BCUT2D eigenvalue weighted by atomic mass is 9.93. The van der Waals surface area contributed by atoms with Gasteiger partial charge in [0, 0.05) is 29.2 Å². The largest absolute Gasteiger partial charge is 0.496 e. The summed E-state index contributed by atoms with van der Waals surface area (Å²) in [4.78, 5) is 0. The fourth-order valence-corrected chi connectivity index (χ4v) is 3.21. The Morgan fingerprint density at radius 2 is 1.07 bits per heavy atom. The van der Waals surface area contributed by atoms with E-state index in [9.17, 15) is 0 Å². The third kappa shape index (κ3) is 4.88. The zero-order valence-electron chi connectivity index (χ0n) is 18.2. The maximum Gasteiger partial charge on any atom is 0.164 e. The Labute approximate surface area is 172 Å². The molecule has 0 radical (unpaired) electrons. The minimum absolute atomic E-state index is 0.0996. The number of benzene rings is 2. The van der Waals surface area contributed by atoms with Gasteiger partial charge in [0.1, 0.15) is 11.5 Å². The van der Waals surface area contributed by atoms with Gasteiger partial charge in [0.25, 0.3) is 0 Å². The number of hydrogen-bond acceptors (Lipinski definition) is 6. The quantitative estimate of drug-likeness (QED) is 0.561. The molecule has 0 spiro atoms. The zero-order valence-corrected chi connectivity index (χ0v) is 18.2. The van der Waals surface area contributed by atoms with Crippen LogP contribution >= 0.6 is 0 Å². The van der Waals surface area contributed by atoms with Gasteiger partial charge in [-0.05, 0) is 18.6 Å². The van der Waals surface area contributed by atoms with E-state index in [4.69, 9.17) is 28.4 Å². The molecule has 0 amide bonds. The number of allylic oxidation sites excluding steroid dienone is 1. The average molecular weight is 402 g/mol. The normalized spacial score (nSPS) is 11.8. The molecule has 0 aliphatic heterocycles. The van der Waals surface area contributed by atoms with E-state index in [0.717, 1.165) is 23.3 Å². The van der Waals surface area contributed by atoms with E-state index in [0.29, 0.717) is 28.7 Å². The van der Waals surface area contributed by atoms with Gasteiger partial charge in [-0.1, -0.05) is 19.1 Å². The number of methoxy groups -OCH3 is 6. The molecule has 1 atom stereocenters. The third-order valence-corrected chi connectivity index (χ3v) is 4.82. The van der Waals surface area contributed by atoms with Gasteiger partial charge in [0.15, 0.2) is 23.0 Å². The van der Waals surface area contributed by atoms with Crippen LogP contribution in [0.25, 0.3) is 6.08 Å². The SMILES string of the molecule is CCC(/C=C/c1cc(OC)c(OC)cc1OC)c1cc(OC)c(OC)cc1OC. The predicted octanol–water partition coefficient (Wildman–Crippen LogP) is 4.95. The zero-order chi connectivity index (χ0) is 21.4. The van der Waals surface area contributed by atoms with Crippen LogP contribution in [0.4, 0.5) is 0 Å². The first-order valence-electron chi connectivity index (χ1n) is 9.34. The Morgan fingerprint density at radius 1 is 0.621 bits per heavy atom. The van der Waals surface area contributed by atoms with E-state index < -0.39 is 0 Å². The molecular weight excluding hydrogens is 372 g/mol. The van der Waals surface area contributed by atoms with Crippen molar-refractivity contribution in [3.63, 3.8) is 0 Å². The summed E-state index contributed by atoms with van der Waals surface area (Å²) in [5.41, 5.74) is 1.91. The van der Waals surface area contributed by atoms with E-state index in [1.807, 2.05) is 30.3 Å². The molecule has 0 aliphatic carbocycles. The van der Waals surface area contributed by atoms with Crippen LogP contribution in [-0.2, 0) is 0 Å². The highest BCUT2D eigenvalue weighted by atomic mass is 16.5. The highest BCUT2D eigenvalue weighted by Crippen LogP contribution is 2.40. The predicted molar refractivity (Wildman–Crippen MR) is 114 cm³/mol. The smallest absolute Gasteiger partial charge is 0.164 e. The number of hydrogen-bond donors (Lipinski definition) is 0. The van der Waals surface area contributed by atoms with Gasteiger partial charge in [-0.25, -0.2) is 0 Å². The van der Waals surface area contributed by atoms with Crippen LogP contribution in [0, 0.1) is 0 Å². The molecule has 0 bridgehead atoms. The molecule has 0 saturated carbocycles. The Balaban J connectivity index is 2.48. The van der Waals surface area contributed by atoms with Crippen molar-refractivity contribution in [2.45, 2.75) is 19.3 Å². The van der Waals surface area contributed by atoms with Gasteiger partial charge >= 0.3 is 0 Å². The summed E-state index contributed by atoms with van der Waals surface area (Å²) in [5.74, 6) is 4.11. The van der Waals surface area contributed by atoms with Crippen molar-refractivity contribution >= 4 is 6.08 Å². The lowest BCUT2D eigenvalue weighted by molar-refractivity contribution is 0.347. The van der Waals surface area contributed by atoms with Gasteiger partial charge in [0.05, 0.1) is 42.7 Å². The molecule has 6 nitrogen and oxygen atoms in total. The Hall–Kier alpha value is -3.02. The van der Waals surface area contributed by atoms with Crippen molar-refractivity contribution < 1.29 is 28.4 Å². The molecule has 2 aromatic carbocycles. The molecule has 2 aromatic rings. The van der Waals surface area contributed by atoms with Crippen LogP contribution < -0.4 is 28.4 Å². The maximum atomic E-state index is 5.60. The van der Waals surface area contributed by atoms with Gasteiger partial charge in [-0.15, -0.1) is 0 Å². The van der Waals surface area contributed by atoms with E-state index in [-0.39, 0.29) is 5.92 Å². The van der Waals surface area contributed by atoms with E-state index in [1.165, 1.54) is 0 Å². The summed E-state index contributed by atoms with van der Waals surface area (Å²) in [5, 5.41) is 0. The molecule has 6 heteroatoms. The van der Waals surface area contributed by atoms with E-state index in [2.05, 4.69) is 13.0 Å². The first-order chi connectivity index (χ1) is 14.1. The van der Waals surface area contributed by atoms with Gasteiger partial charge in [-0.2, -0.15) is 0 Å². The summed E-state index contributed by atoms with van der Waals surface area (Å²) in [6.07, 6.45) is 5.01. The Morgan fingerprint density at radius 3 is 1.55 bits per heavy atom. The van der Waals surface area contributed by atoms with Crippen LogP contribution in [0.2, 0.25) is 0 Å². The number of ether oxygens (including phenoxy) is 6. The topological polar surface area (TPSA) is 55.4 Å². The highest BCUT2D eigenvalue weighted by Gasteiger charge is 2.18. The van der Waals surface area contributed by atoms with E-state index in [1.54, 1.807) is 42.7 Å². The average Bonchev–Trinajstić information content (AvgIpc) is 2.78. The second-order valence-corrected chi connectivity index (χ2v) is 6.27. The molecule has 0 heterocycles. The highest BCUT2D eigenvalue weighted by molar-refractivity contribution is 5.64. The first-order valence-corrected chi connectivity index (χ1v) is 9.34. The fraction of sp³-hybridized carbons (Fsp3) is 0.391. The van der Waals surface area contributed by atoms with Crippen molar-refractivity contribution in [1.82, 2.24) is 0 Å². The first kappa shape index (κ1) is 22.3. The summed E-state index contributed by atoms with van der Waals surface area (Å²) >= 11 is 0. The standard InChI is InChI=1S/C23H30O6/c1-8-15(17-12-21(27-5)23(29-7)14-19(17)25-3)9-10-16-11-20(26-4)22(28-6)13-18(16)24-2/h9-15H,8H2,1-7H3/b10-9+. The molecule has 0 N–H and O–H groups in total. The molecule has 29 heavy (non-hydrogen) atoms. The molecule has 0 fully saturated rings. The van der Waals surface area contributed by atoms with Crippen molar-refractivity contribution in [2.75, 3.05) is 42.7 Å². The van der Waals surface area contributed by atoms with Crippen molar-refractivity contribution in [3.05, 3.63) is 41.5 Å². The van der Waals surface area contributed by atoms with Gasteiger partial charge in [0.2, 0.25) is 0 Å². The Bertz CT molecular complexity index is 844. The second-order valence-electron chi connectivity index (χ2n) is 6.27. The van der Waals surface area contributed by atoms with Crippen LogP contribution in [-0.4, -0.2) is 42.7 Å². The minimum atomic E-state index is 0.0996. The molecule has 1 unspecified atom stereocenters. The van der Waals surface area contributed by atoms with Crippen LogP contribution in [0.3, 0.4) is 0 Å². The summed E-state index contributed by atoms with van der Waals surface area (Å²) < 4.78 is 32.8. The molecule has 0 aliphatic rings. The monoisotopic (exact) mass is 402 g/mol. The van der Waals surface area contributed by atoms with E-state index >= 15 is 0 Å². The fourth-order valence-electron chi connectivity index (χ4n) is 3.21. The van der Waals surface area contributed by atoms with Crippen molar-refractivity contribution in [3.8, 4) is 34.5 Å². The summed E-state index contributed by atoms with van der Waals surface area (Å²) in [6.45, 7) is 2.12. The lowest BCUT2D eigenvalue weighted by Crippen LogP contribution is -2.01. The van der Waals surface area contributed by atoms with Crippen molar-refractivity contribution in [1.29, 1.82) is 0 Å². The van der Waals surface area contributed by atoms with Gasteiger partial charge < -0.3 is 28.4 Å². The third-order valence-electron chi connectivity index (χ3n) is 4.82. The summed E-state index contributed by atoms with van der Waals surface area (Å²) in [6, 6.07) is 7.52. The Kier molecular flexibility index (Phi) is 8.07. The molecular formula is C23H30O6. The molecule has 0 aromatic heterocycles. The van der Waals surface area contributed by atoms with Crippen LogP contribution in [0.1, 0.15) is 30.4 Å². The minimum Gasteiger partial charge on any atom is -0.496 e. The van der Waals surface area contributed by atoms with Gasteiger partial charge in [-0.3, -0.25) is 0 Å². The molecule has 0 saturated heterocycles. The molecule has 2 rings (SSSR count). The van der Waals surface area contributed by atoms with Crippen LogP contribution in [0.5, 0.6) is 34.5 Å². The summed E-state index contributed by atoms with van der Waals surface area (Å²) in [7, 11) is 9.73. The number of rotatable bonds is 10. The molecule has 158 valence electrons. The second kappa shape index (κ2) is 10.5. The van der Waals surface area contributed by atoms with Crippen molar-refractivity contribution in [2.24, 2.45) is 0 Å². The maximum absolute atomic E-state index is 5.60. The van der Waals surface area contributed by atoms with Crippen LogP contribution in [0.15, 0.2) is 30.3 Å². The lowest BCUT2D eigenvalue weighted by Gasteiger charge is -2.19.